The van der Waals surface area contributed by atoms with Gasteiger partial charge >= 0.3 is 5.97 Å². The van der Waals surface area contributed by atoms with E-state index in [1.807, 2.05) is 60.5 Å². The third-order valence-corrected chi connectivity index (χ3v) is 12.4. The molecule has 50 heavy (non-hydrogen) atoms. The lowest BCUT2D eigenvalue weighted by molar-refractivity contribution is -0.313. The van der Waals surface area contributed by atoms with E-state index in [9.17, 15) is 15.0 Å². The van der Waals surface area contributed by atoms with Gasteiger partial charge in [-0.1, -0.05) is 41.5 Å². The number of nitrogens with two attached hydrogens (primary N) is 1. The number of aliphatic hydroxyl groups excluding tert-OH is 2. The molecule has 3 aliphatic rings. The van der Waals surface area contributed by atoms with Crippen molar-refractivity contribution in [1.29, 1.82) is 0 Å². The van der Waals surface area contributed by atoms with Crippen molar-refractivity contribution in [3.05, 3.63) is 0 Å². The molecule has 0 radical (unpaired) electrons. The summed E-state index contributed by atoms with van der Waals surface area (Å²) in [6.07, 6.45) is -4.58. The number of likely N-dealkylation sites (N-methyl/N-ethyl adjacent to an activating group) is 1. The van der Waals surface area contributed by atoms with Gasteiger partial charge in [0.15, 0.2) is 12.6 Å². The van der Waals surface area contributed by atoms with Gasteiger partial charge in [-0.05, 0) is 78.8 Å². The van der Waals surface area contributed by atoms with E-state index in [2.05, 4.69) is 27.7 Å². The Morgan fingerprint density at radius 3 is 2.02 bits per heavy atom. The number of nitrogens with zero attached hydrogens (tertiary/aromatic N) is 1. The van der Waals surface area contributed by atoms with Gasteiger partial charge in [-0.15, -0.1) is 0 Å². The van der Waals surface area contributed by atoms with Crippen LogP contribution in [0, 0.1) is 35.0 Å². The van der Waals surface area contributed by atoms with E-state index in [0.717, 1.165) is 0 Å². The largest absolute Gasteiger partial charge is 0.462 e. The van der Waals surface area contributed by atoms with Crippen molar-refractivity contribution in [2.24, 2.45) is 40.7 Å². The SMILES string of the molecule is COC1[C@H](C)C(N)[C@@H](C)[C@@H](C)OC(=O)[C@H](C)[C@@H](OC2CC(C)(OC)C(O)C(C)O2)[C@H](C)[C@@H](OC2OC(C)CC(N(C)C)C2O)C(C)(C)C[C@H]1C. The lowest BCUT2D eigenvalue weighted by Crippen LogP contribution is -2.59. The van der Waals surface area contributed by atoms with Gasteiger partial charge < -0.3 is 54.0 Å². The molecule has 0 saturated carbocycles. The number of esters is 1. The Labute approximate surface area is 302 Å². The third-order valence-electron chi connectivity index (χ3n) is 12.4. The van der Waals surface area contributed by atoms with Crippen molar-refractivity contribution >= 4 is 5.97 Å². The van der Waals surface area contributed by atoms with Gasteiger partial charge in [0.05, 0.1) is 42.0 Å². The maximum absolute atomic E-state index is 14.1. The van der Waals surface area contributed by atoms with Crippen LogP contribution in [0.25, 0.3) is 0 Å². The van der Waals surface area contributed by atoms with E-state index in [-0.39, 0.29) is 48.5 Å². The summed E-state index contributed by atoms with van der Waals surface area (Å²) in [6, 6.07) is -0.463. The van der Waals surface area contributed by atoms with Crippen LogP contribution in [0.3, 0.4) is 0 Å². The summed E-state index contributed by atoms with van der Waals surface area (Å²) in [5, 5.41) is 22.5. The molecule has 10 unspecified atom stereocenters. The van der Waals surface area contributed by atoms with E-state index in [4.69, 9.17) is 38.9 Å². The number of methoxy groups -OCH3 is 2. The zero-order chi connectivity index (χ0) is 38.0. The molecular weight excluding hydrogens is 644 g/mol. The average Bonchev–Trinajstić information content (AvgIpc) is 3.04. The second-order valence-electron chi connectivity index (χ2n) is 17.1. The number of carbonyl (C=O) groups is 1. The molecule has 0 aromatic rings. The molecule has 0 spiro atoms. The lowest BCUT2D eigenvalue weighted by atomic mass is 9.69. The van der Waals surface area contributed by atoms with Gasteiger partial charge in [-0.2, -0.15) is 0 Å². The number of cyclic esters (lactones) is 1. The standard InChI is InChI=1S/C38H72N2O10/c1-19-17-37(9,10)34(50-36-30(41)27(40(12)13)16-20(2)46-36)23(5)32(49-28-18-38(11,45-15)33(42)26(8)47-28)24(6)35(43)48-25(7)21(3)29(39)22(4)31(19)44-14/h19-34,36,41-42H,16-18,39H2,1-15H3/t19-,20?,21+,22-,23+,24-,25-,26?,27?,28?,29?,30?,31?,32+,33?,34-,36?,38?/m1/s1. The van der Waals surface area contributed by atoms with Gasteiger partial charge in [0.25, 0.3) is 0 Å². The molecule has 18 atom stereocenters. The summed E-state index contributed by atoms with van der Waals surface area (Å²) in [7, 11) is 7.19. The Morgan fingerprint density at radius 2 is 1.46 bits per heavy atom. The number of hydrogen-bond acceptors (Lipinski definition) is 12. The summed E-state index contributed by atoms with van der Waals surface area (Å²) in [6.45, 7) is 21.9. The molecular formula is C38H72N2O10. The Morgan fingerprint density at radius 1 is 0.840 bits per heavy atom. The van der Waals surface area contributed by atoms with Crippen molar-refractivity contribution in [3.63, 3.8) is 0 Å². The molecule has 0 aromatic carbocycles. The van der Waals surface area contributed by atoms with Crippen LogP contribution in [-0.4, -0.2) is 128 Å². The van der Waals surface area contributed by atoms with Gasteiger partial charge in [0.2, 0.25) is 0 Å². The van der Waals surface area contributed by atoms with E-state index >= 15 is 0 Å². The highest BCUT2D eigenvalue weighted by atomic mass is 16.7. The zero-order valence-electron chi connectivity index (χ0n) is 33.6. The van der Waals surface area contributed by atoms with Crippen LogP contribution in [0.1, 0.15) is 95.4 Å². The lowest BCUT2D eigenvalue weighted by Gasteiger charge is -2.50. The number of hydrogen-bond donors (Lipinski definition) is 3. The normalized spacial score (nSPS) is 48.5. The first-order valence-corrected chi connectivity index (χ1v) is 18.8. The third kappa shape index (κ3) is 9.59. The molecule has 0 amide bonds. The predicted octanol–water partition coefficient (Wildman–Crippen LogP) is 3.97. The summed E-state index contributed by atoms with van der Waals surface area (Å²) < 4.78 is 44.4. The van der Waals surface area contributed by atoms with Crippen molar-refractivity contribution in [3.8, 4) is 0 Å². The number of ether oxygens (including phenoxy) is 7. The second-order valence-corrected chi connectivity index (χ2v) is 17.1. The van der Waals surface area contributed by atoms with E-state index < -0.39 is 78.0 Å². The van der Waals surface area contributed by atoms with Crippen LogP contribution in [0.4, 0.5) is 0 Å². The molecule has 3 heterocycles. The first kappa shape index (κ1) is 43.5. The smallest absolute Gasteiger partial charge is 0.311 e. The summed E-state index contributed by atoms with van der Waals surface area (Å²) in [5.74, 6) is -1.70. The molecule has 12 nitrogen and oxygen atoms in total. The van der Waals surface area contributed by atoms with E-state index in [1.165, 1.54) is 0 Å². The Kier molecular flexibility index (Phi) is 15.2. The minimum atomic E-state index is -0.926. The molecule has 3 saturated heterocycles. The van der Waals surface area contributed by atoms with Crippen LogP contribution in [0.15, 0.2) is 0 Å². The summed E-state index contributed by atoms with van der Waals surface area (Å²) >= 11 is 0. The minimum Gasteiger partial charge on any atom is -0.462 e. The molecule has 3 rings (SSSR count). The first-order valence-electron chi connectivity index (χ1n) is 18.8. The quantitative estimate of drug-likeness (QED) is 0.327. The highest BCUT2D eigenvalue weighted by Crippen LogP contribution is 2.44. The molecule has 0 aromatic heterocycles. The maximum atomic E-state index is 14.1. The van der Waals surface area contributed by atoms with Gasteiger partial charge in [0, 0.05) is 44.6 Å². The molecule has 3 aliphatic heterocycles. The zero-order valence-corrected chi connectivity index (χ0v) is 33.6. The Balaban J connectivity index is 2.15. The molecule has 0 bridgehead atoms. The molecule has 294 valence electrons. The monoisotopic (exact) mass is 717 g/mol. The fraction of sp³-hybridized carbons (Fsp3) is 0.974. The second kappa shape index (κ2) is 17.5. The highest BCUT2D eigenvalue weighted by Gasteiger charge is 2.51. The van der Waals surface area contributed by atoms with Crippen LogP contribution < -0.4 is 5.73 Å². The van der Waals surface area contributed by atoms with Gasteiger partial charge in [0.1, 0.15) is 18.3 Å². The number of aliphatic hydroxyl groups is 2. The van der Waals surface area contributed by atoms with E-state index in [0.29, 0.717) is 12.8 Å². The van der Waals surface area contributed by atoms with Crippen LogP contribution in [0.2, 0.25) is 0 Å². The molecule has 3 fully saturated rings. The van der Waals surface area contributed by atoms with Crippen molar-refractivity contribution in [2.45, 2.75) is 175 Å². The first-order chi connectivity index (χ1) is 23.1. The number of carbonyl (C=O) groups excluding carboxylic acids is 1. The molecule has 12 heteroatoms. The summed E-state index contributed by atoms with van der Waals surface area (Å²) in [4.78, 5) is 16.1. The van der Waals surface area contributed by atoms with Gasteiger partial charge in [-0.3, -0.25) is 4.79 Å². The highest BCUT2D eigenvalue weighted by molar-refractivity contribution is 5.73. The van der Waals surface area contributed by atoms with Crippen LogP contribution in [-0.2, 0) is 38.0 Å². The Bertz CT molecular complexity index is 1080. The van der Waals surface area contributed by atoms with Crippen LogP contribution >= 0.6 is 0 Å². The van der Waals surface area contributed by atoms with Crippen molar-refractivity contribution in [2.75, 3.05) is 28.3 Å². The molecule has 4 N–H and O–H groups in total. The van der Waals surface area contributed by atoms with Crippen LogP contribution in [0.5, 0.6) is 0 Å². The predicted molar refractivity (Wildman–Crippen MR) is 191 cm³/mol. The summed E-state index contributed by atoms with van der Waals surface area (Å²) in [5.41, 5.74) is 5.41. The number of rotatable bonds is 7. The fourth-order valence-electron chi connectivity index (χ4n) is 9.03. The van der Waals surface area contributed by atoms with E-state index in [1.54, 1.807) is 21.1 Å². The molecule has 0 aliphatic carbocycles. The maximum Gasteiger partial charge on any atom is 0.311 e. The fourth-order valence-corrected chi connectivity index (χ4v) is 9.03. The Hall–Kier alpha value is -0.930. The average molecular weight is 717 g/mol. The minimum absolute atomic E-state index is 0.0312. The van der Waals surface area contributed by atoms with Crippen molar-refractivity contribution < 1.29 is 48.2 Å². The topological polar surface area (TPSA) is 151 Å². The van der Waals surface area contributed by atoms with Gasteiger partial charge in [-0.25, -0.2) is 0 Å². The van der Waals surface area contributed by atoms with Crippen molar-refractivity contribution in [1.82, 2.24) is 4.90 Å².